The molecule has 2 aromatic carbocycles. The topological polar surface area (TPSA) is 20.3 Å². The second-order valence-electron chi connectivity index (χ2n) is 5.67. The van der Waals surface area contributed by atoms with Crippen molar-refractivity contribution in [2.75, 3.05) is 11.4 Å². The maximum atomic E-state index is 11.4. The number of nitrogens with zero attached hydrogens (tertiary/aromatic N) is 1. The van der Waals surface area contributed by atoms with Crippen LogP contribution in [0, 0.1) is 6.92 Å². The minimum Gasteiger partial charge on any atom is -0.360 e. The second kappa shape index (κ2) is 5.98. The first-order chi connectivity index (χ1) is 10.6. The highest BCUT2D eigenvalue weighted by molar-refractivity contribution is 6.31. The Morgan fingerprint density at radius 2 is 2.09 bits per heavy atom. The van der Waals surface area contributed by atoms with Gasteiger partial charge in [-0.05, 0) is 42.2 Å². The van der Waals surface area contributed by atoms with Crippen molar-refractivity contribution in [3.63, 3.8) is 0 Å². The first kappa shape index (κ1) is 14.9. The summed E-state index contributed by atoms with van der Waals surface area (Å²) in [5, 5.41) is 0.742. The number of halogens is 1. The van der Waals surface area contributed by atoms with Gasteiger partial charge in [-0.2, -0.15) is 0 Å². The van der Waals surface area contributed by atoms with Crippen molar-refractivity contribution < 1.29 is 4.79 Å². The molecule has 112 valence electrons. The number of aryl methyl sites for hydroxylation is 1. The van der Waals surface area contributed by atoms with E-state index in [1.807, 2.05) is 31.2 Å². The second-order valence-corrected chi connectivity index (χ2v) is 6.08. The molecule has 1 heterocycles. The highest BCUT2D eigenvalue weighted by Gasteiger charge is 2.29. The molecule has 22 heavy (non-hydrogen) atoms. The Morgan fingerprint density at radius 3 is 2.82 bits per heavy atom. The lowest BCUT2D eigenvalue weighted by Crippen LogP contribution is -2.36. The lowest BCUT2D eigenvalue weighted by molar-refractivity contribution is -0.105. The summed E-state index contributed by atoms with van der Waals surface area (Å²) >= 11 is 6.28. The zero-order chi connectivity index (χ0) is 15.7. The molecule has 1 aliphatic rings. The summed E-state index contributed by atoms with van der Waals surface area (Å²) < 4.78 is 0. The Balaban J connectivity index is 2.09. The van der Waals surface area contributed by atoms with Crippen LogP contribution in [0.5, 0.6) is 0 Å². The SMILES string of the molecule is C=C(C=O)[C@H]1c2ccccc2CCN1c1ccc(C)c(Cl)c1. The van der Waals surface area contributed by atoms with Crippen LogP contribution in [-0.2, 0) is 11.2 Å². The molecule has 0 saturated heterocycles. The smallest absolute Gasteiger partial charge is 0.147 e. The number of hydrogen-bond acceptors (Lipinski definition) is 2. The van der Waals surface area contributed by atoms with Crippen molar-refractivity contribution in [3.05, 3.63) is 76.3 Å². The number of rotatable bonds is 3. The monoisotopic (exact) mass is 311 g/mol. The molecule has 0 bridgehead atoms. The fourth-order valence-electron chi connectivity index (χ4n) is 3.07. The van der Waals surface area contributed by atoms with Crippen LogP contribution in [0.3, 0.4) is 0 Å². The Bertz CT molecular complexity index is 738. The van der Waals surface area contributed by atoms with E-state index < -0.39 is 0 Å². The average Bonchev–Trinajstić information content (AvgIpc) is 2.55. The molecule has 0 N–H and O–H groups in total. The Labute approximate surface area is 136 Å². The van der Waals surface area contributed by atoms with Crippen molar-refractivity contribution in [3.8, 4) is 0 Å². The van der Waals surface area contributed by atoms with Crippen LogP contribution in [0.25, 0.3) is 0 Å². The Kier molecular flexibility index (Phi) is 4.04. The minimum absolute atomic E-state index is 0.124. The highest BCUT2D eigenvalue weighted by atomic mass is 35.5. The number of fused-ring (bicyclic) bond motifs is 1. The molecule has 3 rings (SSSR count). The number of benzene rings is 2. The Morgan fingerprint density at radius 1 is 1.32 bits per heavy atom. The summed E-state index contributed by atoms with van der Waals surface area (Å²) in [4.78, 5) is 13.6. The molecule has 3 heteroatoms. The van der Waals surface area contributed by atoms with E-state index in [4.69, 9.17) is 11.6 Å². The van der Waals surface area contributed by atoms with E-state index in [0.717, 1.165) is 41.1 Å². The molecule has 1 aliphatic heterocycles. The van der Waals surface area contributed by atoms with E-state index in [9.17, 15) is 4.79 Å². The first-order valence-electron chi connectivity index (χ1n) is 7.36. The van der Waals surface area contributed by atoms with Gasteiger partial charge >= 0.3 is 0 Å². The molecule has 0 radical (unpaired) electrons. The van der Waals surface area contributed by atoms with E-state index >= 15 is 0 Å². The summed E-state index contributed by atoms with van der Waals surface area (Å²) in [5.41, 5.74) is 5.09. The van der Waals surface area contributed by atoms with Gasteiger partial charge in [0.1, 0.15) is 6.29 Å². The van der Waals surface area contributed by atoms with Crippen LogP contribution < -0.4 is 4.90 Å². The quantitative estimate of drug-likeness (QED) is 0.614. The van der Waals surface area contributed by atoms with Gasteiger partial charge in [0, 0.05) is 22.8 Å². The zero-order valence-corrected chi connectivity index (χ0v) is 13.3. The third-order valence-electron chi connectivity index (χ3n) is 4.27. The van der Waals surface area contributed by atoms with Crippen LogP contribution in [0.1, 0.15) is 22.7 Å². The van der Waals surface area contributed by atoms with E-state index in [1.54, 1.807) is 0 Å². The fraction of sp³-hybridized carbons (Fsp3) is 0.211. The lowest BCUT2D eigenvalue weighted by atomic mass is 9.88. The molecule has 0 aromatic heterocycles. The summed E-state index contributed by atoms with van der Waals surface area (Å²) in [6, 6.07) is 14.2. The zero-order valence-electron chi connectivity index (χ0n) is 12.6. The first-order valence-corrected chi connectivity index (χ1v) is 7.74. The van der Waals surface area contributed by atoms with Gasteiger partial charge in [-0.25, -0.2) is 0 Å². The van der Waals surface area contributed by atoms with Gasteiger partial charge in [-0.3, -0.25) is 4.79 Å². The standard InChI is InChI=1S/C19H18ClNO/c1-13-7-8-16(11-18(13)20)21-10-9-15-5-3-4-6-17(15)19(21)14(2)12-22/h3-8,11-12,19H,2,9-10H2,1H3/t19-/m0/s1. The van der Waals surface area contributed by atoms with Crippen molar-refractivity contribution in [1.29, 1.82) is 0 Å². The number of anilines is 1. The Hall–Kier alpha value is -2.06. The predicted molar refractivity (Wildman–Crippen MR) is 91.6 cm³/mol. The molecule has 0 amide bonds. The van der Waals surface area contributed by atoms with Crippen LogP contribution in [0.4, 0.5) is 5.69 Å². The molecular formula is C19H18ClNO. The van der Waals surface area contributed by atoms with Gasteiger partial charge in [-0.15, -0.1) is 0 Å². The number of carbonyl (C=O) groups excluding carboxylic acids is 1. The molecule has 0 spiro atoms. The van der Waals surface area contributed by atoms with E-state index in [1.165, 1.54) is 5.56 Å². The normalized spacial score (nSPS) is 17.0. The predicted octanol–water partition coefficient (Wildman–Crippen LogP) is 4.51. The van der Waals surface area contributed by atoms with Gasteiger partial charge in [0.15, 0.2) is 0 Å². The van der Waals surface area contributed by atoms with Gasteiger partial charge in [0.2, 0.25) is 0 Å². The van der Waals surface area contributed by atoms with Gasteiger partial charge in [0.25, 0.3) is 0 Å². The van der Waals surface area contributed by atoms with Crippen molar-refractivity contribution in [1.82, 2.24) is 0 Å². The van der Waals surface area contributed by atoms with E-state index in [2.05, 4.69) is 29.7 Å². The molecular weight excluding hydrogens is 294 g/mol. The maximum absolute atomic E-state index is 11.4. The number of hydrogen-bond donors (Lipinski definition) is 0. The van der Waals surface area contributed by atoms with Gasteiger partial charge < -0.3 is 4.90 Å². The van der Waals surface area contributed by atoms with Crippen LogP contribution >= 0.6 is 11.6 Å². The molecule has 0 saturated carbocycles. The molecule has 2 aromatic rings. The molecule has 1 atom stereocenters. The average molecular weight is 312 g/mol. The minimum atomic E-state index is -0.124. The maximum Gasteiger partial charge on any atom is 0.147 e. The summed E-state index contributed by atoms with van der Waals surface area (Å²) in [6.45, 7) is 6.80. The van der Waals surface area contributed by atoms with E-state index in [0.29, 0.717) is 5.57 Å². The summed E-state index contributed by atoms with van der Waals surface area (Å²) in [5.74, 6) is 0. The van der Waals surface area contributed by atoms with Crippen LogP contribution in [0.2, 0.25) is 5.02 Å². The summed E-state index contributed by atoms with van der Waals surface area (Å²) in [6.07, 6.45) is 1.81. The van der Waals surface area contributed by atoms with Crippen molar-refractivity contribution >= 4 is 23.6 Å². The lowest BCUT2D eigenvalue weighted by Gasteiger charge is -2.39. The van der Waals surface area contributed by atoms with Crippen LogP contribution in [-0.4, -0.2) is 12.8 Å². The number of carbonyl (C=O) groups is 1. The highest BCUT2D eigenvalue weighted by Crippen LogP contribution is 2.38. The van der Waals surface area contributed by atoms with Crippen molar-refractivity contribution in [2.45, 2.75) is 19.4 Å². The third-order valence-corrected chi connectivity index (χ3v) is 4.68. The molecule has 2 nitrogen and oxygen atoms in total. The summed E-state index contributed by atoms with van der Waals surface area (Å²) in [7, 11) is 0. The largest absolute Gasteiger partial charge is 0.360 e. The van der Waals surface area contributed by atoms with E-state index in [-0.39, 0.29) is 6.04 Å². The molecule has 0 aliphatic carbocycles. The van der Waals surface area contributed by atoms with Gasteiger partial charge in [0.05, 0.1) is 6.04 Å². The molecule has 0 fully saturated rings. The fourth-order valence-corrected chi connectivity index (χ4v) is 3.24. The van der Waals surface area contributed by atoms with Gasteiger partial charge in [-0.1, -0.05) is 48.5 Å². The van der Waals surface area contributed by atoms with Crippen LogP contribution in [0.15, 0.2) is 54.6 Å². The van der Waals surface area contributed by atoms with Crippen molar-refractivity contribution in [2.24, 2.45) is 0 Å². The molecule has 0 unspecified atom stereocenters. The number of aldehydes is 1. The third kappa shape index (κ3) is 2.55.